The zero-order valence-electron chi connectivity index (χ0n) is 14.1. The summed E-state index contributed by atoms with van der Waals surface area (Å²) < 4.78 is 5.45. The summed E-state index contributed by atoms with van der Waals surface area (Å²) in [5.74, 6) is -0.680. The van der Waals surface area contributed by atoms with Crippen LogP contribution in [0, 0.1) is 0 Å². The van der Waals surface area contributed by atoms with Gasteiger partial charge in [0.1, 0.15) is 5.75 Å². The van der Waals surface area contributed by atoms with Crippen LogP contribution in [0.25, 0.3) is 0 Å². The van der Waals surface area contributed by atoms with E-state index in [1.54, 1.807) is 25.1 Å². The number of hydrogen-bond donors (Lipinski definition) is 3. The molecule has 0 bridgehead atoms. The predicted octanol–water partition coefficient (Wildman–Crippen LogP) is 3.08. The van der Waals surface area contributed by atoms with Crippen molar-refractivity contribution in [3.63, 3.8) is 0 Å². The van der Waals surface area contributed by atoms with E-state index in [0.29, 0.717) is 22.1 Å². The molecule has 2 aromatic carbocycles. The molecule has 27 heavy (non-hydrogen) atoms. The third kappa shape index (κ3) is 4.50. The summed E-state index contributed by atoms with van der Waals surface area (Å²) in [4.78, 5) is 35.8. The second-order valence-corrected chi connectivity index (χ2v) is 6.66. The van der Waals surface area contributed by atoms with Gasteiger partial charge in [0.05, 0.1) is 22.8 Å². The highest BCUT2D eigenvalue weighted by molar-refractivity contribution is 6.36. The smallest absolute Gasteiger partial charge is 0.265 e. The monoisotopic (exact) mass is 407 g/mol. The predicted molar refractivity (Wildman–Crippen MR) is 103 cm³/mol. The van der Waals surface area contributed by atoms with Gasteiger partial charge in [0, 0.05) is 10.7 Å². The number of benzene rings is 2. The molecule has 0 fully saturated rings. The third-order valence-corrected chi connectivity index (χ3v) is 4.33. The molecule has 1 atom stereocenters. The molecule has 0 aromatic heterocycles. The van der Waals surface area contributed by atoms with E-state index in [2.05, 4.69) is 16.0 Å². The molecular formula is C18H15Cl2N3O4. The molecular weight excluding hydrogens is 393 g/mol. The van der Waals surface area contributed by atoms with E-state index in [9.17, 15) is 14.4 Å². The average Bonchev–Trinajstić information content (AvgIpc) is 2.61. The first-order chi connectivity index (χ1) is 12.8. The van der Waals surface area contributed by atoms with Crippen LogP contribution in [0.2, 0.25) is 10.0 Å². The van der Waals surface area contributed by atoms with E-state index in [0.717, 1.165) is 0 Å². The fraction of sp³-hybridized carbons (Fsp3) is 0.167. The molecule has 0 saturated heterocycles. The fourth-order valence-corrected chi connectivity index (χ4v) is 2.92. The molecule has 1 aliphatic rings. The topological polar surface area (TPSA) is 96.5 Å². The fourth-order valence-electron chi connectivity index (χ4n) is 2.42. The average molecular weight is 408 g/mol. The molecule has 0 aliphatic carbocycles. The minimum Gasteiger partial charge on any atom is -0.479 e. The number of carbonyl (C=O) groups is 3. The highest BCUT2D eigenvalue weighted by Gasteiger charge is 2.23. The van der Waals surface area contributed by atoms with Crippen molar-refractivity contribution in [2.24, 2.45) is 0 Å². The number of rotatable bonds is 4. The van der Waals surface area contributed by atoms with Crippen LogP contribution in [0.15, 0.2) is 36.4 Å². The molecule has 1 aliphatic heterocycles. The van der Waals surface area contributed by atoms with E-state index in [1.807, 2.05) is 0 Å². The van der Waals surface area contributed by atoms with Gasteiger partial charge in [0.25, 0.3) is 11.8 Å². The van der Waals surface area contributed by atoms with E-state index in [4.69, 9.17) is 27.9 Å². The van der Waals surface area contributed by atoms with Crippen molar-refractivity contribution in [1.82, 2.24) is 5.32 Å². The Kier molecular flexibility index (Phi) is 5.53. The Labute approximate surface area is 165 Å². The Morgan fingerprint density at radius 3 is 2.70 bits per heavy atom. The van der Waals surface area contributed by atoms with E-state index in [1.165, 1.54) is 18.2 Å². The second-order valence-electron chi connectivity index (χ2n) is 5.82. The second kappa shape index (κ2) is 7.85. The molecule has 7 nitrogen and oxygen atoms in total. The Balaban J connectivity index is 1.59. The van der Waals surface area contributed by atoms with Crippen LogP contribution in [-0.4, -0.2) is 30.4 Å². The van der Waals surface area contributed by atoms with Crippen LogP contribution in [0.5, 0.6) is 5.75 Å². The number of carbonyl (C=O) groups excluding carboxylic acids is 3. The number of amides is 3. The molecule has 0 spiro atoms. The van der Waals surface area contributed by atoms with Gasteiger partial charge in [0.2, 0.25) is 5.91 Å². The quantitative estimate of drug-likeness (QED) is 0.725. The van der Waals surface area contributed by atoms with Crippen molar-refractivity contribution in [2.45, 2.75) is 13.0 Å². The van der Waals surface area contributed by atoms with Crippen LogP contribution in [0.4, 0.5) is 11.4 Å². The summed E-state index contributed by atoms with van der Waals surface area (Å²) in [5, 5.41) is 8.41. The minimum absolute atomic E-state index is 0.195. The van der Waals surface area contributed by atoms with E-state index < -0.39 is 17.9 Å². The van der Waals surface area contributed by atoms with Gasteiger partial charge in [0.15, 0.2) is 6.10 Å². The number of halogens is 2. The molecule has 0 radical (unpaired) electrons. The van der Waals surface area contributed by atoms with Crippen molar-refractivity contribution < 1.29 is 19.1 Å². The van der Waals surface area contributed by atoms with E-state index >= 15 is 0 Å². The highest BCUT2D eigenvalue weighted by Crippen LogP contribution is 2.32. The van der Waals surface area contributed by atoms with Crippen molar-refractivity contribution in [2.75, 3.05) is 17.2 Å². The van der Waals surface area contributed by atoms with Crippen molar-refractivity contribution >= 4 is 52.3 Å². The normalized spacial score (nSPS) is 15.2. The minimum atomic E-state index is -0.576. The summed E-state index contributed by atoms with van der Waals surface area (Å²) in [5.41, 5.74) is 1.14. The summed E-state index contributed by atoms with van der Waals surface area (Å²) in [7, 11) is 0. The van der Waals surface area contributed by atoms with Crippen LogP contribution in [0.3, 0.4) is 0 Å². The first kappa shape index (κ1) is 19.0. The number of nitrogens with one attached hydrogen (secondary N) is 3. The summed E-state index contributed by atoms with van der Waals surface area (Å²) in [6.45, 7) is 1.39. The summed E-state index contributed by atoms with van der Waals surface area (Å²) in [6, 6.07) is 9.32. The van der Waals surface area contributed by atoms with Crippen LogP contribution >= 0.6 is 23.2 Å². The molecule has 0 unspecified atom stereocenters. The number of fused-ring (bicyclic) bond motifs is 1. The van der Waals surface area contributed by atoms with Gasteiger partial charge in [-0.25, -0.2) is 0 Å². The van der Waals surface area contributed by atoms with Gasteiger partial charge in [-0.1, -0.05) is 23.2 Å². The molecule has 9 heteroatoms. The standard InChI is InChI=1S/C18H15Cl2N3O4/c1-9-17(25)23-14-7-11(3-5-15(14)27-9)22-16(24)8-21-18(26)12-4-2-10(19)6-13(12)20/h2-7,9H,8H2,1H3,(H,21,26)(H,22,24)(H,23,25)/t9-/m1/s1. The number of anilines is 2. The van der Waals surface area contributed by atoms with Gasteiger partial charge in [-0.15, -0.1) is 0 Å². The number of hydrogen-bond acceptors (Lipinski definition) is 4. The van der Waals surface area contributed by atoms with Gasteiger partial charge in [-0.2, -0.15) is 0 Å². The van der Waals surface area contributed by atoms with Gasteiger partial charge >= 0.3 is 0 Å². The number of ether oxygens (including phenoxy) is 1. The van der Waals surface area contributed by atoms with E-state index in [-0.39, 0.29) is 23.0 Å². The summed E-state index contributed by atoms with van der Waals surface area (Å²) >= 11 is 11.8. The molecule has 0 saturated carbocycles. The Morgan fingerprint density at radius 1 is 1.19 bits per heavy atom. The molecule has 140 valence electrons. The Morgan fingerprint density at radius 2 is 1.96 bits per heavy atom. The summed E-state index contributed by atoms with van der Waals surface area (Å²) in [6.07, 6.45) is -0.576. The lowest BCUT2D eigenvalue weighted by atomic mass is 10.2. The lowest BCUT2D eigenvalue weighted by Crippen LogP contribution is -2.34. The molecule has 3 amide bonds. The maximum absolute atomic E-state index is 12.1. The van der Waals surface area contributed by atoms with Gasteiger partial charge in [-0.05, 0) is 43.3 Å². The third-order valence-electron chi connectivity index (χ3n) is 3.78. The molecule has 1 heterocycles. The van der Waals surface area contributed by atoms with Crippen LogP contribution < -0.4 is 20.7 Å². The van der Waals surface area contributed by atoms with Crippen molar-refractivity contribution in [3.8, 4) is 5.75 Å². The highest BCUT2D eigenvalue weighted by atomic mass is 35.5. The Bertz CT molecular complexity index is 933. The lowest BCUT2D eigenvalue weighted by molar-refractivity contribution is -0.122. The maximum Gasteiger partial charge on any atom is 0.265 e. The largest absolute Gasteiger partial charge is 0.479 e. The van der Waals surface area contributed by atoms with Crippen LogP contribution in [-0.2, 0) is 9.59 Å². The van der Waals surface area contributed by atoms with Gasteiger partial charge < -0.3 is 20.7 Å². The molecule has 3 N–H and O–H groups in total. The Hall–Kier alpha value is -2.77. The van der Waals surface area contributed by atoms with Crippen molar-refractivity contribution in [1.29, 1.82) is 0 Å². The first-order valence-electron chi connectivity index (χ1n) is 7.98. The zero-order valence-corrected chi connectivity index (χ0v) is 15.6. The first-order valence-corrected chi connectivity index (χ1v) is 8.74. The SMILES string of the molecule is C[C@H]1Oc2ccc(NC(=O)CNC(=O)c3ccc(Cl)cc3Cl)cc2NC1=O. The molecule has 3 rings (SSSR count). The molecule has 2 aromatic rings. The zero-order chi connectivity index (χ0) is 19.6. The van der Waals surface area contributed by atoms with Crippen LogP contribution in [0.1, 0.15) is 17.3 Å². The van der Waals surface area contributed by atoms with Crippen molar-refractivity contribution in [3.05, 3.63) is 52.0 Å². The van der Waals surface area contributed by atoms with Gasteiger partial charge in [-0.3, -0.25) is 14.4 Å². The lowest BCUT2D eigenvalue weighted by Gasteiger charge is -2.23. The maximum atomic E-state index is 12.1.